The monoisotopic (exact) mass is 289 g/mol. The molecule has 1 rings (SSSR count). The van der Waals surface area contributed by atoms with Gasteiger partial charge < -0.3 is 9.47 Å². The summed E-state index contributed by atoms with van der Waals surface area (Å²) in [7, 11) is 5.31. The molecule has 0 spiro atoms. The van der Waals surface area contributed by atoms with Crippen LogP contribution in [0.2, 0.25) is 5.15 Å². The number of aromatic nitrogens is 2. The van der Waals surface area contributed by atoms with E-state index in [9.17, 15) is 0 Å². The summed E-state index contributed by atoms with van der Waals surface area (Å²) in [6.45, 7) is 6.11. The van der Waals surface area contributed by atoms with E-state index in [-0.39, 0.29) is 0 Å². The van der Waals surface area contributed by atoms with E-state index in [2.05, 4.69) is 10.00 Å². The third-order valence-corrected chi connectivity index (χ3v) is 3.56. The lowest BCUT2D eigenvalue weighted by atomic mass is 10.2. The van der Waals surface area contributed by atoms with Crippen molar-refractivity contribution in [3.8, 4) is 0 Å². The van der Waals surface area contributed by atoms with Crippen LogP contribution >= 0.6 is 11.6 Å². The molecule has 0 N–H and O–H groups in total. The van der Waals surface area contributed by atoms with Crippen molar-refractivity contribution in [1.82, 2.24) is 14.7 Å². The first kappa shape index (κ1) is 16.4. The van der Waals surface area contributed by atoms with E-state index in [0.29, 0.717) is 11.8 Å². The fraction of sp³-hybridized carbons (Fsp3) is 0.769. The van der Waals surface area contributed by atoms with Gasteiger partial charge in [0, 0.05) is 53.1 Å². The van der Waals surface area contributed by atoms with Crippen molar-refractivity contribution in [3.05, 3.63) is 16.4 Å². The summed E-state index contributed by atoms with van der Waals surface area (Å²) in [6.07, 6.45) is 0.997. The van der Waals surface area contributed by atoms with E-state index in [4.69, 9.17) is 21.1 Å². The Bertz CT molecular complexity index is 382. The number of rotatable bonds is 9. The predicted octanol–water partition coefficient (Wildman–Crippen LogP) is 1.87. The van der Waals surface area contributed by atoms with Gasteiger partial charge >= 0.3 is 0 Å². The molecule has 0 radical (unpaired) electrons. The molecule has 110 valence electrons. The second-order valence-corrected chi connectivity index (χ2v) is 4.95. The van der Waals surface area contributed by atoms with E-state index in [1.54, 1.807) is 18.9 Å². The zero-order chi connectivity index (χ0) is 14.3. The standard InChI is InChI=1S/C13H24ClN3O2/c1-11-12(13(14)16(2)15-11)10-17(7-9-19-4)6-5-8-18-3/h5-10H2,1-4H3. The first-order valence-electron chi connectivity index (χ1n) is 6.48. The first-order valence-corrected chi connectivity index (χ1v) is 6.86. The normalized spacial score (nSPS) is 11.5. The molecule has 0 aromatic carbocycles. The highest BCUT2D eigenvalue weighted by molar-refractivity contribution is 6.30. The van der Waals surface area contributed by atoms with E-state index in [0.717, 1.165) is 43.9 Å². The third-order valence-electron chi connectivity index (χ3n) is 3.09. The Hall–Kier alpha value is -0.620. The van der Waals surface area contributed by atoms with Gasteiger partial charge in [-0.3, -0.25) is 9.58 Å². The van der Waals surface area contributed by atoms with Crippen LogP contribution in [0.3, 0.4) is 0 Å². The second-order valence-electron chi connectivity index (χ2n) is 4.59. The highest BCUT2D eigenvalue weighted by atomic mass is 35.5. The van der Waals surface area contributed by atoms with Crippen LogP contribution in [0.15, 0.2) is 0 Å². The summed E-state index contributed by atoms with van der Waals surface area (Å²) in [4.78, 5) is 2.32. The van der Waals surface area contributed by atoms with Gasteiger partial charge in [-0.25, -0.2) is 0 Å². The fourth-order valence-corrected chi connectivity index (χ4v) is 2.23. The molecule has 0 aliphatic carbocycles. The minimum atomic E-state index is 0.712. The van der Waals surface area contributed by atoms with Gasteiger partial charge in [0.2, 0.25) is 0 Å². The predicted molar refractivity (Wildman–Crippen MR) is 76.6 cm³/mol. The lowest BCUT2D eigenvalue weighted by Crippen LogP contribution is -2.29. The second kappa shape index (κ2) is 8.53. The molecule has 19 heavy (non-hydrogen) atoms. The van der Waals surface area contributed by atoms with Gasteiger partial charge in [-0.1, -0.05) is 11.6 Å². The van der Waals surface area contributed by atoms with Gasteiger partial charge in [0.05, 0.1) is 12.3 Å². The van der Waals surface area contributed by atoms with E-state index < -0.39 is 0 Å². The quantitative estimate of drug-likeness (QED) is 0.651. The zero-order valence-corrected chi connectivity index (χ0v) is 13.0. The molecule has 1 aromatic rings. The maximum absolute atomic E-state index is 6.27. The lowest BCUT2D eigenvalue weighted by Gasteiger charge is -2.21. The Balaban J connectivity index is 2.64. The summed E-state index contributed by atoms with van der Waals surface area (Å²) >= 11 is 6.27. The maximum Gasteiger partial charge on any atom is 0.131 e. The number of aryl methyl sites for hydroxylation is 2. The van der Waals surface area contributed by atoms with Crippen molar-refractivity contribution < 1.29 is 9.47 Å². The smallest absolute Gasteiger partial charge is 0.131 e. The van der Waals surface area contributed by atoms with Crippen LogP contribution in [-0.4, -0.2) is 55.2 Å². The number of ether oxygens (including phenoxy) is 2. The number of hydrogen-bond donors (Lipinski definition) is 0. The van der Waals surface area contributed by atoms with Gasteiger partial charge in [0.15, 0.2) is 0 Å². The Morgan fingerprint density at radius 3 is 2.42 bits per heavy atom. The SMILES string of the molecule is COCCCN(CCOC)Cc1c(C)nn(C)c1Cl. The van der Waals surface area contributed by atoms with Gasteiger partial charge in [0.1, 0.15) is 5.15 Å². The van der Waals surface area contributed by atoms with E-state index in [1.165, 1.54) is 0 Å². The van der Waals surface area contributed by atoms with Gasteiger partial charge in [-0.05, 0) is 13.3 Å². The molecule has 5 nitrogen and oxygen atoms in total. The Labute approximate surface area is 120 Å². The van der Waals surface area contributed by atoms with E-state index >= 15 is 0 Å². The Morgan fingerprint density at radius 2 is 1.89 bits per heavy atom. The average Bonchev–Trinajstić information content (AvgIpc) is 2.62. The van der Waals surface area contributed by atoms with E-state index in [1.807, 2.05) is 14.0 Å². The minimum absolute atomic E-state index is 0.712. The first-order chi connectivity index (χ1) is 9.10. The number of hydrogen-bond acceptors (Lipinski definition) is 4. The zero-order valence-electron chi connectivity index (χ0n) is 12.3. The van der Waals surface area contributed by atoms with Gasteiger partial charge in [-0.2, -0.15) is 5.10 Å². The third kappa shape index (κ3) is 5.10. The molecule has 0 bridgehead atoms. The van der Waals surface area contributed by atoms with Crippen molar-refractivity contribution in [2.75, 3.05) is 40.5 Å². The molecule has 1 aromatic heterocycles. The average molecular weight is 290 g/mol. The summed E-state index contributed by atoms with van der Waals surface area (Å²) in [5, 5.41) is 5.06. The molecule has 0 fully saturated rings. The largest absolute Gasteiger partial charge is 0.385 e. The number of nitrogens with zero attached hydrogens (tertiary/aromatic N) is 3. The molecule has 0 aliphatic heterocycles. The minimum Gasteiger partial charge on any atom is -0.385 e. The van der Waals surface area contributed by atoms with Crippen molar-refractivity contribution in [3.63, 3.8) is 0 Å². The summed E-state index contributed by atoms with van der Waals surface area (Å²) in [6, 6.07) is 0. The number of methoxy groups -OCH3 is 2. The van der Waals surface area contributed by atoms with Crippen LogP contribution in [0.1, 0.15) is 17.7 Å². The fourth-order valence-electron chi connectivity index (χ4n) is 2.00. The molecule has 0 amide bonds. The van der Waals surface area contributed by atoms with Crippen molar-refractivity contribution >= 4 is 11.6 Å². The summed E-state index contributed by atoms with van der Waals surface area (Å²) in [5.74, 6) is 0. The molecule has 0 saturated heterocycles. The Kier molecular flexibility index (Phi) is 7.38. The van der Waals surface area contributed by atoms with Crippen LogP contribution < -0.4 is 0 Å². The molecule has 6 heteroatoms. The highest BCUT2D eigenvalue weighted by Gasteiger charge is 2.15. The van der Waals surface area contributed by atoms with Crippen molar-refractivity contribution in [2.45, 2.75) is 19.9 Å². The highest BCUT2D eigenvalue weighted by Crippen LogP contribution is 2.20. The lowest BCUT2D eigenvalue weighted by molar-refractivity contribution is 0.129. The molecule has 1 heterocycles. The molecule has 0 aliphatic rings. The van der Waals surface area contributed by atoms with Crippen LogP contribution in [0.25, 0.3) is 0 Å². The van der Waals surface area contributed by atoms with Crippen LogP contribution in [0.4, 0.5) is 0 Å². The van der Waals surface area contributed by atoms with Crippen molar-refractivity contribution in [1.29, 1.82) is 0 Å². The Morgan fingerprint density at radius 1 is 1.21 bits per heavy atom. The summed E-state index contributed by atoms with van der Waals surface area (Å²) < 4.78 is 12.0. The molecule has 0 atom stereocenters. The van der Waals surface area contributed by atoms with Crippen LogP contribution in [0.5, 0.6) is 0 Å². The molecular weight excluding hydrogens is 266 g/mol. The van der Waals surface area contributed by atoms with Crippen LogP contribution in [0, 0.1) is 6.92 Å². The summed E-state index contributed by atoms with van der Waals surface area (Å²) in [5.41, 5.74) is 2.08. The topological polar surface area (TPSA) is 39.5 Å². The molecular formula is C13H24ClN3O2. The maximum atomic E-state index is 6.27. The van der Waals surface area contributed by atoms with Crippen LogP contribution in [-0.2, 0) is 23.1 Å². The molecule has 0 unspecified atom stereocenters. The van der Waals surface area contributed by atoms with Crippen molar-refractivity contribution in [2.24, 2.45) is 7.05 Å². The molecule has 0 saturated carbocycles. The van der Waals surface area contributed by atoms with Gasteiger partial charge in [-0.15, -0.1) is 0 Å². The number of halogens is 1. The van der Waals surface area contributed by atoms with Gasteiger partial charge in [0.25, 0.3) is 0 Å².